The minimum atomic E-state index is -4.45. The maximum atomic E-state index is 13.6. The second-order valence-corrected chi connectivity index (χ2v) is 7.66. The van der Waals surface area contributed by atoms with Gasteiger partial charge in [0.1, 0.15) is 5.41 Å². The van der Waals surface area contributed by atoms with Gasteiger partial charge in [0.15, 0.2) is 5.78 Å². The number of allylic oxidation sites excluding steroid dienone is 3. The van der Waals surface area contributed by atoms with Crippen molar-refractivity contribution in [2.75, 3.05) is 0 Å². The molecule has 1 nitrogen and oxygen atoms in total. The molecule has 0 amide bonds. The van der Waals surface area contributed by atoms with Gasteiger partial charge in [-0.2, -0.15) is 13.2 Å². The van der Waals surface area contributed by atoms with E-state index in [1.165, 1.54) is 12.1 Å². The van der Waals surface area contributed by atoms with Gasteiger partial charge in [0.05, 0.1) is 5.56 Å². The highest BCUT2D eigenvalue weighted by Crippen LogP contribution is 2.57. The van der Waals surface area contributed by atoms with Crippen LogP contribution in [0.3, 0.4) is 0 Å². The van der Waals surface area contributed by atoms with Gasteiger partial charge in [-0.3, -0.25) is 4.79 Å². The van der Waals surface area contributed by atoms with Gasteiger partial charge < -0.3 is 0 Å². The molecular formula is C26H17F3O. The average molecular weight is 402 g/mol. The first-order chi connectivity index (χ1) is 14.3. The summed E-state index contributed by atoms with van der Waals surface area (Å²) in [7, 11) is 0. The second kappa shape index (κ2) is 6.30. The van der Waals surface area contributed by atoms with Crippen molar-refractivity contribution >= 4 is 23.0 Å². The van der Waals surface area contributed by atoms with Crippen LogP contribution >= 0.6 is 0 Å². The van der Waals surface area contributed by atoms with Crippen molar-refractivity contribution in [3.05, 3.63) is 112 Å². The third kappa shape index (κ3) is 2.40. The fraction of sp³-hybridized carbons (Fsp3) is 0.115. The number of carbonyl (C=O) groups excluding carboxylic acids is 1. The lowest BCUT2D eigenvalue weighted by atomic mass is 9.63. The maximum Gasteiger partial charge on any atom is 0.416 e. The Hall–Kier alpha value is -3.40. The van der Waals surface area contributed by atoms with Gasteiger partial charge >= 0.3 is 6.18 Å². The minimum Gasteiger partial charge on any atom is -0.293 e. The third-order valence-electron chi connectivity index (χ3n) is 6.12. The van der Waals surface area contributed by atoms with Crippen molar-refractivity contribution in [1.29, 1.82) is 0 Å². The topological polar surface area (TPSA) is 17.1 Å². The van der Waals surface area contributed by atoms with Gasteiger partial charge in [0, 0.05) is 0 Å². The maximum absolute atomic E-state index is 13.6. The first kappa shape index (κ1) is 18.6. The summed E-state index contributed by atoms with van der Waals surface area (Å²) in [6.45, 7) is 1.81. The number of hydrogen-bond acceptors (Lipinski definition) is 1. The van der Waals surface area contributed by atoms with Crippen LogP contribution in [0.2, 0.25) is 0 Å². The predicted molar refractivity (Wildman–Crippen MR) is 112 cm³/mol. The number of hydrogen-bond donors (Lipinski definition) is 0. The van der Waals surface area contributed by atoms with Crippen molar-refractivity contribution in [3.63, 3.8) is 0 Å². The van der Waals surface area contributed by atoms with Crippen molar-refractivity contribution in [1.82, 2.24) is 0 Å². The molecule has 0 saturated heterocycles. The molecule has 1 unspecified atom stereocenters. The number of rotatable bonds is 1. The summed E-state index contributed by atoms with van der Waals surface area (Å²) in [5.74, 6) is -0.141. The zero-order valence-corrected chi connectivity index (χ0v) is 16.1. The zero-order valence-electron chi connectivity index (χ0n) is 16.1. The predicted octanol–water partition coefficient (Wildman–Crippen LogP) is 6.53. The van der Waals surface area contributed by atoms with Crippen LogP contribution in [0.25, 0.3) is 17.2 Å². The highest BCUT2D eigenvalue weighted by molar-refractivity contribution is 6.22. The molecule has 2 aliphatic rings. The third-order valence-corrected chi connectivity index (χ3v) is 6.12. The van der Waals surface area contributed by atoms with E-state index >= 15 is 0 Å². The Labute approximate surface area is 172 Å². The molecule has 0 radical (unpaired) electrons. The SMILES string of the molecule is CC1=C(c2ccccc2)C2(C(=O)C=Cc3ccccc32)c2ccc(C(F)(F)F)cc21. The normalized spacial score (nSPS) is 19.9. The van der Waals surface area contributed by atoms with E-state index in [4.69, 9.17) is 0 Å². The van der Waals surface area contributed by atoms with Crippen LogP contribution in [0.4, 0.5) is 13.2 Å². The molecule has 0 bridgehead atoms. The van der Waals surface area contributed by atoms with Gasteiger partial charge in [-0.05, 0) is 64.1 Å². The molecule has 5 rings (SSSR count). The summed E-state index contributed by atoms with van der Waals surface area (Å²) >= 11 is 0. The number of fused-ring (bicyclic) bond motifs is 4. The number of carbonyl (C=O) groups is 1. The van der Waals surface area contributed by atoms with Crippen molar-refractivity contribution in [2.45, 2.75) is 18.5 Å². The molecule has 148 valence electrons. The Balaban J connectivity index is 1.92. The summed E-state index contributed by atoms with van der Waals surface area (Å²) in [4.78, 5) is 13.6. The fourth-order valence-corrected chi connectivity index (χ4v) is 4.89. The molecule has 2 aliphatic carbocycles. The second-order valence-electron chi connectivity index (χ2n) is 7.66. The van der Waals surface area contributed by atoms with Crippen molar-refractivity contribution in [3.8, 4) is 0 Å². The van der Waals surface area contributed by atoms with Gasteiger partial charge in [0.2, 0.25) is 0 Å². The van der Waals surface area contributed by atoms with Crippen LogP contribution < -0.4 is 0 Å². The molecular weight excluding hydrogens is 385 g/mol. The number of alkyl halides is 3. The lowest BCUT2D eigenvalue weighted by Gasteiger charge is -2.36. The van der Waals surface area contributed by atoms with Crippen LogP contribution in [-0.2, 0) is 16.4 Å². The summed E-state index contributed by atoms with van der Waals surface area (Å²) < 4.78 is 40.4. The molecule has 0 heterocycles. The Morgan fingerprint density at radius 1 is 0.800 bits per heavy atom. The van der Waals surface area contributed by atoms with Crippen LogP contribution in [-0.4, -0.2) is 5.78 Å². The van der Waals surface area contributed by atoms with Crippen molar-refractivity contribution < 1.29 is 18.0 Å². The lowest BCUT2D eigenvalue weighted by molar-refractivity contribution is -0.137. The van der Waals surface area contributed by atoms with E-state index in [9.17, 15) is 18.0 Å². The van der Waals surface area contributed by atoms with Gasteiger partial charge in [0.25, 0.3) is 0 Å². The molecule has 1 spiro atoms. The van der Waals surface area contributed by atoms with Crippen LogP contribution in [0, 0.1) is 0 Å². The molecule has 0 N–H and O–H groups in total. The first-order valence-corrected chi connectivity index (χ1v) is 9.66. The zero-order chi connectivity index (χ0) is 21.1. The van der Waals surface area contributed by atoms with E-state index < -0.39 is 17.2 Å². The van der Waals surface area contributed by atoms with Crippen LogP contribution in [0.5, 0.6) is 0 Å². The molecule has 30 heavy (non-hydrogen) atoms. The lowest BCUT2D eigenvalue weighted by Crippen LogP contribution is -2.38. The summed E-state index contributed by atoms with van der Waals surface area (Å²) in [5.41, 5.74) is 3.18. The monoisotopic (exact) mass is 402 g/mol. The molecule has 0 aromatic heterocycles. The van der Waals surface area contributed by atoms with E-state index in [1.807, 2.05) is 61.5 Å². The van der Waals surface area contributed by atoms with E-state index in [0.29, 0.717) is 16.7 Å². The van der Waals surface area contributed by atoms with Crippen molar-refractivity contribution in [2.24, 2.45) is 0 Å². The van der Waals surface area contributed by atoms with E-state index in [2.05, 4.69) is 0 Å². The number of benzene rings is 3. The molecule has 0 saturated carbocycles. The quantitative estimate of drug-likeness (QED) is 0.452. The fourth-order valence-electron chi connectivity index (χ4n) is 4.89. The van der Waals surface area contributed by atoms with E-state index in [1.54, 1.807) is 12.2 Å². The van der Waals surface area contributed by atoms with Gasteiger partial charge in [-0.25, -0.2) is 0 Å². The largest absolute Gasteiger partial charge is 0.416 e. The number of ketones is 1. The molecule has 1 atom stereocenters. The minimum absolute atomic E-state index is 0.141. The molecule has 3 aromatic rings. The summed E-state index contributed by atoms with van der Waals surface area (Å²) in [6.07, 6.45) is -1.12. The van der Waals surface area contributed by atoms with Gasteiger partial charge in [-0.15, -0.1) is 0 Å². The first-order valence-electron chi connectivity index (χ1n) is 9.66. The molecule has 0 aliphatic heterocycles. The molecule has 4 heteroatoms. The smallest absolute Gasteiger partial charge is 0.293 e. The standard InChI is InChI=1S/C26H17F3O/c1-16-20-15-19(26(27,28)29)12-13-22(20)25(24(16)18-8-3-2-4-9-18)21-10-6-5-7-17(21)11-14-23(25)30/h2-15H,1H3. The Kier molecular flexibility index (Phi) is 3.91. The highest BCUT2D eigenvalue weighted by atomic mass is 19.4. The van der Waals surface area contributed by atoms with E-state index in [-0.39, 0.29) is 5.78 Å². The summed E-state index contributed by atoms with van der Waals surface area (Å²) in [6, 6.07) is 20.8. The highest BCUT2D eigenvalue weighted by Gasteiger charge is 2.52. The molecule has 0 fully saturated rings. The van der Waals surface area contributed by atoms with Gasteiger partial charge in [-0.1, -0.05) is 66.7 Å². The van der Waals surface area contributed by atoms with Crippen LogP contribution in [0.1, 0.15) is 40.3 Å². The Morgan fingerprint density at radius 2 is 1.50 bits per heavy atom. The molecule has 3 aromatic carbocycles. The summed E-state index contributed by atoms with van der Waals surface area (Å²) in [5, 5.41) is 0. The number of halogens is 3. The van der Waals surface area contributed by atoms with E-state index in [0.717, 1.165) is 28.3 Å². The Bertz CT molecular complexity index is 1250. The Morgan fingerprint density at radius 3 is 2.23 bits per heavy atom. The average Bonchev–Trinajstić information content (AvgIpc) is 3.00. The van der Waals surface area contributed by atoms with Crippen LogP contribution in [0.15, 0.2) is 78.9 Å².